The van der Waals surface area contributed by atoms with E-state index in [1.54, 1.807) is 0 Å². The minimum Gasteiger partial charge on any atom is -0.462 e. The number of allylic oxidation sites excluding steroid dienone is 16. The van der Waals surface area contributed by atoms with Gasteiger partial charge in [-0.1, -0.05) is 189 Å². The fraction of sp³-hybridized carbons (Fsp3) is 0.627. The number of hydrogen-bond donors (Lipinski definition) is 0. The molecule has 0 aliphatic heterocycles. The number of hydrogen-bond acceptors (Lipinski definition) is 6. The van der Waals surface area contributed by atoms with E-state index < -0.39 is 12.1 Å². The SMILES string of the molecule is CC\C=C/C=C\C=C/C=C\CCCCCCCC(=O)OCC(COC(=O)CCCCC/C=C\C=C/CCCC)OC(=O)CC/C=C\C/C=C\CCCCCCCC. The molecule has 0 aliphatic rings. The van der Waals surface area contributed by atoms with Gasteiger partial charge in [0.1, 0.15) is 13.2 Å². The van der Waals surface area contributed by atoms with Crippen LogP contribution in [-0.2, 0) is 28.6 Å². The van der Waals surface area contributed by atoms with Gasteiger partial charge in [-0.25, -0.2) is 0 Å². The Bertz CT molecular complexity index is 1180. The molecular formula is C51H82O6. The first kappa shape index (κ1) is 53.3. The second-order valence-corrected chi connectivity index (χ2v) is 14.7. The Morgan fingerprint density at radius 2 is 0.807 bits per heavy atom. The number of carbonyl (C=O) groups is 3. The van der Waals surface area contributed by atoms with Gasteiger partial charge in [0.2, 0.25) is 0 Å². The molecule has 0 amide bonds. The Balaban J connectivity index is 4.55. The molecule has 57 heavy (non-hydrogen) atoms. The van der Waals surface area contributed by atoms with Crippen molar-refractivity contribution in [3.05, 3.63) is 97.2 Å². The average Bonchev–Trinajstić information content (AvgIpc) is 3.21. The summed E-state index contributed by atoms with van der Waals surface area (Å²) >= 11 is 0. The first-order valence-electron chi connectivity index (χ1n) is 22.8. The summed E-state index contributed by atoms with van der Waals surface area (Å²) in [6, 6.07) is 0. The van der Waals surface area contributed by atoms with Crippen molar-refractivity contribution in [3.8, 4) is 0 Å². The summed E-state index contributed by atoms with van der Waals surface area (Å²) in [4.78, 5) is 37.7. The van der Waals surface area contributed by atoms with Gasteiger partial charge in [0.25, 0.3) is 0 Å². The first-order chi connectivity index (χ1) is 28.0. The zero-order valence-electron chi connectivity index (χ0n) is 36.6. The monoisotopic (exact) mass is 791 g/mol. The molecule has 6 nitrogen and oxygen atoms in total. The van der Waals surface area contributed by atoms with Crippen LogP contribution in [0.15, 0.2) is 97.2 Å². The van der Waals surface area contributed by atoms with Crippen LogP contribution >= 0.6 is 0 Å². The highest BCUT2D eigenvalue weighted by atomic mass is 16.6. The molecule has 0 bridgehead atoms. The van der Waals surface area contributed by atoms with E-state index >= 15 is 0 Å². The molecule has 1 unspecified atom stereocenters. The Morgan fingerprint density at radius 3 is 1.37 bits per heavy atom. The molecule has 0 radical (unpaired) electrons. The number of esters is 3. The topological polar surface area (TPSA) is 78.9 Å². The highest BCUT2D eigenvalue weighted by Crippen LogP contribution is 2.11. The fourth-order valence-corrected chi connectivity index (χ4v) is 5.72. The Labute approximate surface area is 349 Å². The molecule has 0 saturated carbocycles. The Morgan fingerprint density at radius 1 is 0.386 bits per heavy atom. The zero-order valence-corrected chi connectivity index (χ0v) is 36.6. The number of rotatable bonds is 39. The van der Waals surface area contributed by atoms with Crippen molar-refractivity contribution in [1.29, 1.82) is 0 Å². The van der Waals surface area contributed by atoms with Gasteiger partial charge in [-0.3, -0.25) is 14.4 Å². The third kappa shape index (κ3) is 43.3. The molecule has 0 heterocycles. The van der Waals surface area contributed by atoms with E-state index in [0.29, 0.717) is 19.3 Å². The van der Waals surface area contributed by atoms with Crippen LogP contribution in [0.5, 0.6) is 0 Å². The van der Waals surface area contributed by atoms with Gasteiger partial charge in [-0.15, -0.1) is 0 Å². The summed E-state index contributed by atoms with van der Waals surface area (Å²) in [6.45, 7) is 6.31. The normalized spacial score (nSPS) is 13.0. The summed E-state index contributed by atoms with van der Waals surface area (Å²) in [5, 5.41) is 0. The van der Waals surface area contributed by atoms with Crippen molar-refractivity contribution < 1.29 is 28.6 Å². The Kier molecular flexibility index (Phi) is 42.1. The highest BCUT2D eigenvalue weighted by Gasteiger charge is 2.19. The molecule has 6 heteroatoms. The van der Waals surface area contributed by atoms with Crippen LogP contribution in [-0.4, -0.2) is 37.2 Å². The van der Waals surface area contributed by atoms with Crippen LogP contribution in [0.3, 0.4) is 0 Å². The van der Waals surface area contributed by atoms with Crippen molar-refractivity contribution in [3.63, 3.8) is 0 Å². The summed E-state index contributed by atoms with van der Waals surface area (Å²) in [6.07, 6.45) is 58.3. The highest BCUT2D eigenvalue weighted by molar-refractivity contribution is 5.71. The van der Waals surface area contributed by atoms with E-state index in [-0.39, 0.29) is 31.6 Å². The molecule has 0 rings (SSSR count). The van der Waals surface area contributed by atoms with Crippen LogP contribution in [0.1, 0.15) is 188 Å². The molecule has 0 spiro atoms. The third-order valence-corrected chi connectivity index (χ3v) is 9.18. The van der Waals surface area contributed by atoms with Crippen LogP contribution in [0.2, 0.25) is 0 Å². The van der Waals surface area contributed by atoms with Crippen molar-refractivity contribution in [2.75, 3.05) is 13.2 Å². The quantitative estimate of drug-likeness (QED) is 0.0203. The number of unbranched alkanes of at least 4 members (excludes halogenated alkanes) is 16. The van der Waals surface area contributed by atoms with E-state index in [0.717, 1.165) is 89.9 Å². The predicted octanol–water partition coefficient (Wildman–Crippen LogP) is 14.6. The van der Waals surface area contributed by atoms with E-state index in [1.807, 2.05) is 30.4 Å². The van der Waals surface area contributed by atoms with Crippen LogP contribution < -0.4 is 0 Å². The lowest BCUT2D eigenvalue weighted by Crippen LogP contribution is -2.30. The molecule has 0 aromatic rings. The van der Waals surface area contributed by atoms with Gasteiger partial charge in [-0.05, 0) is 77.0 Å². The maximum absolute atomic E-state index is 12.7. The van der Waals surface area contributed by atoms with Gasteiger partial charge >= 0.3 is 17.9 Å². The second kappa shape index (κ2) is 45.0. The zero-order chi connectivity index (χ0) is 41.5. The number of ether oxygens (including phenoxy) is 3. The third-order valence-electron chi connectivity index (χ3n) is 9.18. The van der Waals surface area contributed by atoms with Crippen molar-refractivity contribution in [1.82, 2.24) is 0 Å². The van der Waals surface area contributed by atoms with Gasteiger partial charge in [0.15, 0.2) is 6.10 Å². The van der Waals surface area contributed by atoms with Gasteiger partial charge < -0.3 is 14.2 Å². The smallest absolute Gasteiger partial charge is 0.306 e. The van der Waals surface area contributed by atoms with Crippen molar-refractivity contribution >= 4 is 17.9 Å². The number of carbonyl (C=O) groups excluding carboxylic acids is 3. The molecule has 0 aliphatic carbocycles. The standard InChI is InChI=1S/C51H82O6/c1-4-7-10-13-16-19-22-24-25-27-29-32-35-38-41-44-50(53)56-47-48(46-55-49(52)43-40-37-34-31-28-21-18-15-12-9-6-3)57-51(54)45-42-39-36-33-30-26-23-20-17-14-11-8-5-2/h7,10,13,15-16,18-19,21-22,24-26,28,30,36,39,48H,4-6,8-9,11-12,14,17,20,23,27,29,31-35,37-38,40-47H2,1-3H3/b10-7-,16-13-,18-15-,22-19-,25-24-,28-21-,30-26-,39-36-. The minimum atomic E-state index is -0.827. The van der Waals surface area contributed by atoms with Crippen LogP contribution in [0.4, 0.5) is 0 Å². The lowest BCUT2D eigenvalue weighted by molar-refractivity contribution is -0.166. The molecular weight excluding hydrogens is 709 g/mol. The van der Waals surface area contributed by atoms with E-state index in [2.05, 4.69) is 87.6 Å². The molecule has 0 aromatic carbocycles. The van der Waals surface area contributed by atoms with Crippen molar-refractivity contribution in [2.45, 2.75) is 194 Å². The lowest BCUT2D eigenvalue weighted by atomic mass is 10.1. The van der Waals surface area contributed by atoms with Crippen molar-refractivity contribution in [2.24, 2.45) is 0 Å². The molecule has 0 N–H and O–H groups in total. The maximum atomic E-state index is 12.7. The van der Waals surface area contributed by atoms with E-state index in [9.17, 15) is 14.4 Å². The van der Waals surface area contributed by atoms with Gasteiger partial charge in [0, 0.05) is 19.3 Å². The first-order valence-corrected chi connectivity index (χ1v) is 22.8. The predicted molar refractivity (Wildman–Crippen MR) is 242 cm³/mol. The molecule has 0 saturated heterocycles. The van der Waals surface area contributed by atoms with Gasteiger partial charge in [-0.2, -0.15) is 0 Å². The maximum Gasteiger partial charge on any atom is 0.306 e. The molecule has 0 aromatic heterocycles. The van der Waals surface area contributed by atoms with E-state index in [1.165, 1.54) is 51.4 Å². The van der Waals surface area contributed by atoms with E-state index in [4.69, 9.17) is 14.2 Å². The second-order valence-electron chi connectivity index (χ2n) is 14.7. The molecule has 1 atom stereocenters. The summed E-state index contributed by atoms with van der Waals surface area (Å²) < 4.78 is 16.6. The lowest BCUT2D eigenvalue weighted by Gasteiger charge is -2.18. The summed E-state index contributed by atoms with van der Waals surface area (Å²) in [7, 11) is 0. The summed E-state index contributed by atoms with van der Waals surface area (Å²) in [5.41, 5.74) is 0. The minimum absolute atomic E-state index is 0.123. The van der Waals surface area contributed by atoms with Gasteiger partial charge in [0.05, 0.1) is 0 Å². The Hall–Kier alpha value is -3.67. The molecule has 0 fully saturated rings. The van der Waals surface area contributed by atoms with Crippen LogP contribution in [0, 0.1) is 0 Å². The van der Waals surface area contributed by atoms with Crippen LogP contribution in [0.25, 0.3) is 0 Å². The summed E-state index contributed by atoms with van der Waals surface area (Å²) in [5.74, 6) is -1.05. The average molecular weight is 791 g/mol. The largest absolute Gasteiger partial charge is 0.462 e. The fourth-order valence-electron chi connectivity index (χ4n) is 5.72. The molecule has 322 valence electrons.